The van der Waals surface area contributed by atoms with E-state index in [1.807, 2.05) is 51.1 Å². The van der Waals surface area contributed by atoms with Crippen molar-refractivity contribution >= 4 is 29.9 Å². The van der Waals surface area contributed by atoms with Crippen LogP contribution >= 0.6 is 12.4 Å². The molecule has 5 nitrogen and oxygen atoms in total. The monoisotopic (exact) mass is 313 g/mol. The molecule has 1 aromatic carbocycles. The van der Waals surface area contributed by atoms with Gasteiger partial charge in [0.05, 0.1) is 12.6 Å². The molecule has 0 spiro atoms. The Bertz CT molecular complexity index is 451. The van der Waals surface area contributed by atoms with Gasteiger partial charge in [-0.3, -0.25) is 9.59 Å². The molecule has 0 saturated heterocycles. The first kappa shape index (κ1) is 19.4. The van der Waals surface area contributed by atoms with E-state index in [4.69, 9.17) is 5.73 Å². The normalized spacial score (nSPS) is 11.5. The number of nitrogens with zero attached hydrogens (tertiary/aromatic N) is 1. The number of anilines is 1. The Hall–Kier alpha value is -1.59. The summed E-state index contributed by atoms with van der Waals surface area (Å²) >= 11 is 0. The van der Waals surface area contributed by atoms with Crippen molar-refractivity contribution in [3.63, 3.8) is 0 Å². The molecular formula is C15H24ClN3O2. The number of rotatable bonds is 6. The number of amides is 2. The lowest BCUT2D eigenvalue weighted by molar-refractivity contribution is -0.126. The SMILES string of the molecule is CCN(C(=O)CNC(=O)[C@@H](N)C(C)C)c1ccccc1.Cl. The van der Waals surface area contributed by atoms with E-state index in [2.05, 4.69) is 5.32 Å². The molecule has 1 atom stereocenters. The van der Waals surface area contributed by atoms with E-state index < -0.39 is 6.04 Å². The number of halogens is 1. The number of nitrogens with two attached hydrogens (primary N) is 1. The molecule has 118 valence electrons. The molecule has 21 heavy (non-hydrogen) atoms. The molecule has 0 heterocycles. The van der Waals surface area contributed by atoms with Crippen LogP contribution < -0.4 is 16.0 Å². The number of nitrogens with one attached hydrogen (secondary N) is 1. The quantitative estimate of drug-likeness (QED) is 0.837. The minimum Gasteiger partial charge on any atom is -0.346 e. The topological polar surface area (TPSA) is 75.4 Å². The Morgan fingerprint density at radius 2 is 1.81 bits per heavy atom. The van der Waals surface area contributed by atoms with Crippen molar-refractivity contribution in [3.8, 4) is 0 Å². The van der Waals surface area contributed by atoms with E-state index >= 15 is 0 Å². The van der Waals surface area contributed by atoms with Crippen LogP contribution in [0.4, 0.5) is 5.69 Å². The van der Waals surface area contributed by atoms with Crippen molar-refractivity contribution in [1.82, 2.24) is 5.32 Å². The van der Waals surface area contributed by atoms with Crippen molar-refractivity contribution in [2.45, 2.75) is 26.8 Å². The molecule has 3 N–H and O–H groups in total. The lowest BCUT2D eigenvalue weighted by Crippen LogP contribution is -2.48. The molecule has 2 amide bonds. The van der Waals surface area contributed by atoms with Gasteiger partial charge in [0.1, 0.15) is 0 Å². The number of hydrogen-bond donors (Lipinski definition) is 2. The van der Waals surface area contributed by atoms with E-state index in [0.717, 1.165) is 5.69 Å². The van der Waals surface area contributed by atoms with E-state index in [-0.39, 0.29) is 36.7 Å². The zero-order valence-electron chi connectivity index (χ0n) is 12.7. The number of hydrogen-bond acceptors (Lipinski definition) is 3. The number of carbonyl (C=O) groups excluding carboxylic acids is 2. The Kier molecular flexibility index (Phi) is 8.66. The molecule has 0 saturated carbocycles. The van der Waals surface area contributed by atoms with Crippen LogP contribution in [0.3, 0.4) is 0 Å². The minimum absolute atomic E-state index is 0. The van der Waals surface area contributed by atoms with Crippen molar-refractivity contribution < 1.29 is 9.59 Å². The molecule has 0 aliphatic heterocycles. The summed E-state index contributed by atoms with van der Waals surface area (Å²) < 4.78 is 0. The molecule has 6 heteroatoms. The van der Waals surface area contributed by atoms with Gasteiger partial charge in [0.15, 0.2) is 0 Å². The zero-order chi connectivity index (χ0) is 15.1. The van der Waals surface area contributed by atoms with Crippen LogP contribution in [0.25, 0.3) is 0 Å². The highest BCUT2D eigenvalue weighted by Crippen LogP contribution is 2.12. The maximum absolute atomic E-state index is 12.1. The van der Waals surface area contributed by atoms with Crippen LogP contribution in [0.1, 0.15) is 20.8 Å². The number of benzene rings is 1. The smallest absolute Gasteiger partial charge is 0.246 e. The first-order chi connectivity index (χ1) is 9.47. The first-order valence-corrected chi connectivity index (χ1v) is 6.86. The number of carbonyl (C=O) groups is 2. The summed E-state index contributed by atoms with van der Waals surface area (Å²) in [5.41, 5.74) is 6.55. The molecule has 1 aromatic rings. The molecule has 0 bridgehead atoms. The third-order valence-electron chi connectivity index (χ3n) is 3.12. The largest absolute Gasteiger partial charge is 0.346 e. The number of para-hydroxylation sites is 1. The van der Waals surface area contributed by atoms with Gasteiger partial charge >= 0.3 is 0 Å². The second kappa shape index (κ2) is 9.37. The van der Waals surface area contributed by atoms with Gasteiger partial charge in [0.2, 0.25) is 11.8 Å². The van der Waals surface area contributed by atoms with Gasteiger partial charge in [-0.15, -0.1) is 12.4 Å². The average molecular weight is 314 g/mol. The summed E-state index contributed by atoms with van der Waals surface area (Å²) in [5, 5.41) is 2.59. The molecule has 0 unspecified atom stereocenters. The van der Waals surface area contributed by atoms with E-state index in [1.165, 1.54) is 0 Å². The maximum Gasteiger partial charge on any atom is 0.246 e. The maximum atomic E-state index is 12.1. The van der Waals surface area contributed by atoms with Crippen molar-refractivity contribution in [1.29, 1.82) is 0 Å². The minimum atomic E-state index is -0.588. The van der Waals surface area contributed by atoms with Crippen LogP contribution in [0.15, 0.2) is 30.3 Å². The summed E-state index contributed by atoms with van der Waals surface area (Å²) in [6.45, 7) is 6.15. The lowest BCUT2D eigenvalue weighted by Gasteiger charge is -2.22. The fourth-order valence-corrected chi connectivity index (χ4v) is 1.79. The average Bonchev–Trinajstić information content (AvgIpc) is 2.45. The first-order valence-electron chi connectivity index (χ1n) is 6.86. The van der Waals surface area contributed by atoms with Crippen LogP contribution in [0, 0.1) is 5.92 Å². The second-order valence-electron chi connectivity index (χ2n) is 4.96. The predicted octanol–water partition coefficient (Wildman–Crippen LogP) is 1.56. The van der Waals surface area contributed by atoms with Gasteiger partial charge in [0, 0.05) is 12.2 Å². The summed E-state index contributed by atoms with van der Waals surface area (Å²) in [4.78, 5) is 25.5. The molecular weight excluding hydrogens is 290 g/mol. The Morgan fingerprint density at radius 1 is 1.24 bits per heavy atom. The van der Waals surface area contributed by atoms with Gasteiger partial charge in [-0.05, 0) is 25.0 Å². The summed E-state index contributed by atoms with van der Waals surface area (Å²) in [5.74, 6) is -0.401. The standard InChI is InChI=1S/C15H23N3O2.ClH/c1-4-18(12-8-6-5-7-9-12)13(19)10-17-15(20)14(16)11(2)3;/h5-9,11,14H,4,10,16H2,1-3H3,(H,17,20);1H/t14-;/m0./s1. The van der Waals surface area contributed by atoms with Crippen LogP contribution in [-0.4, -0.2) is 30.9 Å². The van der Waals surface area contributed by atoms with E-state index in [0.29, 0.717) is 6.54 Å². The van der Waals surface area contributed by atoms with E-state index in [1.54, 1.807) is 4.90 Å². The molecule has 0 aliphatic carbocycles. The summed E-state index contributed by atoms with van der Waals surface area (Å²) in [7, 11) is 0. The Balaban J connectivity index is 0.00000400. The molecule has 0 aromatic heterocycles. The van der Waals surface area contributed by atoms with Crippen LogP contribution in [-0.2, 0) is 9.59 Å². The van der Waals surface area contributed by atoms with Gasteiger partial charge in [-0.2, -0.15) is 0 Å². The Labute approximate surface area is 132 Å². The molecule has 0 aliphatic rings. The molecule has 1 rings (SSSR count). The van der Waals surface area contributed by atoms with Crippen molar-refractivity contribution in [2.75, 3.05) is 18.0 Å². The summed E-state index contributed by atoms with van der Waals surface area (Å²) in [6, 6.07) is 8.78. The highest BCUT2D eigenvalue weighted by atomic mass is 35.5. The molecule has 0 radical (unpaired) electrons. The highest BCUT2D eigenvalue weighted by molar-refractivity contribution is 5.97. The highest BCUT2D eigenvalue weighted by Gasteiger charge is 2.19. The summed E-state index contributed by atoms with van der Waals surface area (Å²) in [6.07, 6.45) is 0. The van der Waals surface area contributed by atoms with Crippen molar-refractivity contribution in [3.05, 3.63) is 30.3 Å². The second-order valence-corrected chi connectivity index (χ2v) is 4.96. The third-order valence-corrected chi connectivity index (χ3v) is 3.12. The molecule has 0 fully saturated rings. The van der Waals surface area contributed by atoms with Gasteiger partial charge < -0.3 is 16.0 Å². The zero-order valence-corrected chi connectivity index (χ0v) is 13.5. The predicted molar refractivity (Wildman–Crippen MR) is 87.5 cm³/mol. The van der Waals surface area contributed by atoms with Gasteiger partial charge in [-0.1, -0.05) is 32.0 Å². The van der Waals surface area contributed by atoms with Gasteiger partial charge in [0.25, 0.3) is 0 Å². The fourth-order valence-electron chi connectivity index (χ4n) is 1.79. The van der Waals surface area contributed by atoms with Crippen molar-refractivity contribution in [2.24, 2.45) is 11.7 Å². The third kappa shape index (κ3) is 5.73. The van der Waals surface area contributed by atoms with Crippen LogP contribution in [0.2, 0.25) is 0 Å². The lowest BCUT2D eigenvalue weighted by atomic mass is 10.1. The Morgan fingerprint density at radius 3 is 2.29 bits per heavy atom. The van der Waals surface area contributed by atoms with Crippen LogP contribution in [0.5, 0.6) is 0 Å². The van der Waals surface area contributed by atoms with E-state index in [9.17, 15) is 9.59 Å². The fraction of sp³-hybridized carbons (Fsp3) is 0.467. The van der Waals surface area contributed by atoms with Gasteiger partial charge in [-0.25, -0.2) is 0 Å². The number of likely N-dealkylation sites (N-methyl/N-ethyl adjacent to an activating group) is 1.